The van der Waals surface area contributed by atoms with Crippen molar-refractivity contribution in [1.82, 2.24) is 26.1 Å². The van der Waals surface area contributed by atoms with E-state index in [0.29, 0.717) is 28.7 Å². The van der Waals surface area contributed by atoms with E-state index in [1.807, 2.05) is 12.1 Å². The van der Waals surface area contributed by atoms with Crippen LogP contribution in [-0.4, -0.2) is 45.8 Å². The van der Waals surface area contributed by atoms with Crippen LogP contribution in [0.25, 0.3) is 0 Å². The number of carbonyl (C=O) groups excluding carboxylic acids is 2. The van der Waals surface area contributed by atoms with Gasteiger partial charge in [-0.25, -0.2) is 4.79 Å². The maximum Gasteiger partial charge on any atom is 0.408 e. The highest BCUT2D eigenvalue weighted by Gasteiger charge is 2.17. The minimum Gasteiger partial charge on any atom is -0.444 e. The fourth-order valence-electron chi connectivity index (χ4n) is 2.28. The number of alkyl carbamates (subject to hydrolysis) is 1. The molecule has 3 heterocycles. The number of nitrogens with zero attached hydrogens (tertiary/aromatic N) is 4. The fourth-order valence-corrected chi connectivity index (χ4v) is 2.28. The summed E-state index contributed by atoms with van der Waals surface area (Å²) in [6.07, 6.45) is 2.48. The van der Waals surface area contributed by atoms with Crippen LogP contribution in [0.5, 0.6) is 0 Å². The van der Waals surface area contributed by atoms with Crippen LogP contribution in [0, 0.1) is 0 Å². The molecule has 0 saturated carbocycles. The molecule has 2 aromatic rings. The maximum atomic E-state index is 12.0. The number of amidine groups is 2. The lowest BCUT2D eigenvalue weighted by atomic mass is 10.2. The fraction of sp³-hybridized carbons (Fsp3) is 0.263. The average Bonchev–Trinajstić information content (AvgIpc) is 2.72. The van der Waals surface area contributed by atoms with E-state index in [1.165, 1.54) is 6.20 Å². The van der Waals surface area contributed by atoms with Gasteiger partial charge in [0.05, 0.1) is 11.9 Å². The van der Waals surface area contributed by atoms with E-state index in [1.54, 1.807) is 45.2 Å². The molecule has 0 unspecified atom stereocenters. The Morgan fingerprint density at radius 1 is 1.00 bits per heavy atom. The number of carbonyl (C=O) groups is 2. The van der Waals surface area contributed by atoms with E-state index >= 15 is 0 Å². The average molecular weight is 410 g/mol. The van der Waals surface area contributed by atoms with Crippen LogP contribution in [0.15, 0.2) is 52.9 Å². The number of rotatable bonds is 5. The Balaban J connectivity index is 1.50. The zero-order valence-corrected chi connectivity index (χ0v) is 16.8. The summed E-state index contributed by atoms with van der Waals surface area (Å²) in [5.74, 6) is 0.495. The molecule has 11 nitrogen and oxygen atoms in total. The molecule has 2 aromatic heterocycles. The number of hydrogen-bond donors (Lipinski definition) is 4. The van der Waals surface area contributed by atoms with Crippen molar-refractivity contribution in [3.05, 3.63) is 54.1 Å². The summed E-state index contributed by atoms with van der Waals surface area (Å²) in [4.78, 5) is 32.0. The number of pyridine rings is 2. The highest BCUT2D eigenvalue weighted by molar-refractivity contribution is 6.04. The summed E-state index contributed by atoms with van der Waals surface area (Å²) in [7, 11) is 0. The van der Waals surface area contributed by atoms with E-state index in [9.17, 15) is 9.59 Å². The van der Waals surface area contributed by atoms with Gasteiger partial charge in [-0.1, -0.05) is 6.07 Å². The van der Waals surface area contributed by atoms with Gasteiger partial charge in [-0.2, -0.15) is 10.2 Å². The molecule has 0 atom stereocenters. The van der Waals surface area contributed by atoms with E-state index in [2.05, 4.69) is 41.7 Å². The molecule has 0 saturated heterocycles. The molecule has 1 aliphatic heterocycles. The molecule has 0 bridgehead atoms. The number of amides is 2. The molecular weight excluding hydrogens is 388 g/mol. The topological polar surface area (TPSA) is 142 Å². The third kappa shape index (κ3) is 5.99. The van der Waals surface area contributed by atoms with Crippen molar-refractivity contribution in [2.24, 2.45) is 10.2 Å². The zero-order valence-electron chi connectivity index (χ0n) is 16.8. The van der Waals surface area contributed by atoms with Gasteiger partial charge in [-0.05, 0) is 45.0 Å². The first kappa shape index (κ1) is 20.7. The number of aromatic nitrogens is 2. The molecular formula is C19H22N8O3. The third-order valence-corrected chi connectivity index (χ3v) is 3.54. The molecule has 0 aliphatic carbocycles. The minimum atomic E-state index is -0.661. The SMILES string of the molecule is CC(C)(C)OC(=O)NCC(=O)Nc1ccc(C2=NNC(c3ccccn3)=NN2)nc1. The minimum absolute atomic E-state index is 0.222. The summed E-state index contributed by atoms with van der Waals surface area (Å²) in [5, 5.41) is 13.4. The van der Waals surface area contributed by atoms with Gasteiger partial charge < -0.3 is 15.4 Å². The molecule has 11 heteroatoms. The highest BCUT2D eigenvalue weighted by Crippen LogP contribution is 2.08. The standard InChI is InChI=1S/C19H22N8O3/c1-19(2,3)30-18(29)22-11-15(28)23-12-7-8-14(21-10-12)17-26-24-16(25-27-17)13-6-4-5-9-20-13/h4-10H,11H2,1-3H3,(H,22,29)(H,23,28)(H,24,25)(H,26,27). The first-order valence-corrected chi connectivity index (χ1v) is 9.12. The van der Waals surface area contributed by atoms with Crippen molar-refractivity contribution in [3.8, 4) is 0 Å². The van der Waals surface area contributed by atoms with Crippen LogP contribution in [0.3, 0.4) is 0 Å². The van der Waals surface area contributed by atoms with Crippen molar-refractivity contribution in [3.63, 3.8) is 0 Å². The second-order valence-corrected chi connectivity index (χ2v) is 7.20. The predicted octanol–water partition coefficient (Wildman–Crippen LogP) is 1.16. The zero-order chi connectivity index (χ0) is 21.6. The number of hydrazone groups is 2. The Kier molecular flexibility index (Phi) is 6.20. The third-order valence-electron chi connectivity index (χ3n) is 3.54. The molecule has 1 aliphatic rings. The van der Waals surface area contributed by atoms with Gasteiger partial charge in [0.1, 0.15) is 23.5 Å². The van der Waals surface area contributed by atoms with Crippen molar-refractivity contribution in [2.45, 2.75) is 26.4 Å². The number of ether oxygens (including phenoxy) is 1. The van der Waals surface area contributed by atoms with E-state index in [4.69, 9.17) is 4.74 Å². The Morgan fingerprint density at radius 3 is 2.23 bits per heavy atom. The Morgan fingerprint density at radius 2 is 1.70 bits per heavy atom. The van der Waals surface area contributed by atoms with Crippen molar-refractivity contribution in [1.29, 1.82) is 0 Å². The molecule has 0 aromatic carbocycles. The second-order valence-electron chi connectivity index (χ2n) is 7.20. The van der Waals surface area contributed by atoms with Gasteiger partial charge in [0, 0.05) is 6.20 Å². The number of anilines is 1. The van der Waals surface area contributed by atoms with Crippen LogP contribution in [-0.2, 0) is 9.53 Å². The second kappa shape index (κ2) is 8.99. The smallest absolute Gasteiger partial charge is 0.408 e. The molecule has 30 heavy (non-hydrogen) atoms. The first-order chi connectivity index (χ1) is 14.3. The van der Waals surface area contributed by atoms with Crippen molar-refractivity contribution >= 4 is 29.4 Å². The first-order valence-electron chi connectivity index (χ1n) is 9.12. The van der Waals surface area contributed by atoms with Crippen LogP contribution < -0.4 is 21.5 Å². The van der Waals surface area contributed by atoms with Gasteiger partial charge in [0.25, 0.3) is 0 Å². The lowest BCUT2D eigenvalue weighted by Gasteiger charge is -2.19. The lowest BCUT2D eigenvalue weighted by Crippen LogP contribution is -2.37. The summed E-state index contributed by atoms with van der Waals surface area (Å²) < 4.78 is 5.07. The van der Waals surface area contributed by atoms with Crippen LogP contribution >= 0.6 is 0 Å². The summed E-state index contributed by atoms with van der Waals surface area (Å²) in [5.41, 5.74) is 6.66. The molecule has 0 radical (unpaired) electrons. The summed E-state index contributed by atoms with van der Waals surface area (Å²) in [6, 6.07) is 8.80. The summed E-state index contributed by atoms with van der Waals surface area (Å²) in [6.45, 7) is 5.00. The largest absolute Gasteiger partial charge is 0.444 e. The number of nitrogens with one attached hydrogen (secondary N) is 4. The van der Waals surface area contributed by atoms with Crippen LogP contribution in [0.2, 0.25) is 0 Å². The predicted molar refractivity (Wildman–Crippen MR) is 111 cm³/mol. The number of hydrogen-bond acceptors (Lipinski definition) is 9. The van der Waals surface area contributed by atoms with E-state index in [-0.39, 0.29) is 6.54 Å². The van der Waals surface area contributed by atoms with Crippen LogP contribution in [0.1, 0.15) is 32.2 Å². The Hall–Kier alpha value is -4.02. The Labute approximate surface area is 173 Å². The van der Waals surface area contributed by atoms with Crippen molar-refractivity contribution in [2.75, 3.05) is 11.9 Å². The highest BCUT2D eigenvalue weighted by atomic mass is 16.6. The van der Waals surface area contributed by atoms with Gasteiger partial charge >= 0.3 is 6.09 Å². The van der Waals surface area contributed by atoms with E-state index < -0.39 is 17.6 Å². The maximum absolute atomic E-state index is 12.0. The monoisotopic (exact) mass is 410 g/mol. The molecule has 2 amide bonds. The normalized spacial score (nSPS) is 13.2. The Bertz CT molecular complexity index is 966. The lowest BCUT2D eigenvalue weighted by molar-refractivity contribution is -0.115. The van der Waals surface area contributed by atoms with Gasteiger partial charge in [0.2, 0.25) is 5.91 Å². The van der Waals surface area contributed by atoms with Crippen molar-refractivity contribution < 1.29 is 14.3 Å². The van der Waals surface area contributed by atoms with Gasteiger partial charge in [-0.3, -0.25) is 25.6 Å². The molecule has 3 rings (SSSR count). The van der Waals surface area contributed by atoms with Gasteiger partial charge in [-0.15, -0.1) is 0 Å². The molecule has 4 N–H and O–H groups in total. The molecule has 156 valence electrons. The van der Waals surface area contributed by atoms with E-state index in [0.717, 1.165) is 0 Å². The molecule has 0 spiro atoms. The molecule has 0 fully saturated rings. The quantitative estimate of drug-likeness (QED) is 0.579. The van der Waals surface area contributed by atoms with Gasteiger partial charge in [0.15, 0.2) is 11.7 Å². The van der Waals surface area contributed by atoms with Crippen LogP contribution in [0.4, 0.5) is 10.5 Å². The summed E-state index contributed by atoms with van der Waals surface area (Å²) >= 11 is 0.